The zero-order valence-corrected chi connectivity index (χ0v) is 12.3. The zero-order valence-electron chi connectivity index (χ0n) is 11.4. The van der Waals surface area contributed by atoms with Crippen molar-refractivity contribution in [2.45, 2.75) is 31.2 Å². The topological polar surface area (TPSA) is 56.0 Å². The smallest absolute Gasteiger partial charge is 0.307 e. The van der Waals surface area contributed by atoms with E-state index in [1.807, 2.05) is 10.8 Å². The molecule has 0 amide bonds. The monoisotopic (exact) mass is 313 g/mol. The van der Waals surface area contributed by atoms with Crippen LogP contribution < -0.4 is 5.73 Å². The predicted octanol–water partition coefficient (Wildman–Crippen LogP) is 2.86. The molecule has 3 N–H and O–H groups in total. The van der Waals surface area contributed by atoms with E-state index in [1.54, 1.807) is 6.08 Å². The fourth-order valence-electron chi connectivity index (χ4n) is 2.93. The van der Waals surface area contributed by atoms with E-state index in [2.05, 4.69) is 4.98 Å². The first-order valence-electron chi connectivity index (χ1n) is 6.92. The normalized spacial score (nSPS) is 23.9. The Labute approximate surface area is 126 Å². The number of allylic oxidation sites excluding steroid dienone is 4. The average Bonchev–Trinajstić information content (AvgIpc) is 2.79. The molecular formula is C14H17F2N3OS. The maximum Gasteiger partial charge on any atom is 0.307 e. The second kappa shape index (κ2) is 5.38. The van der Waals surface area contributed by atoms with Crippen LogP contribution in [0.2, 0.25) is 0 Å². The number of nitrogens with zero attached hydrogens (tertiary/aromatic N) is 1. The van der Waals surface area contributed by atoms with Gasteiger partial charge in [0.15, 0.2) is 10.5 Å². The van der Waals surface area contributed by atoms with Crippen molar-refractivity contribution >= 4 is 12.2 Å². The lowest BCUT2D eigenvalue weighted by molar-refractivity contribution is -0.0355. The summed E-state index contributed by atoms with van der Waals surface area (Å²) in [5, 5.41) is 0. The molecule has 0 fully saturated rings. The number of ether oxygens (including phenoxy) is 1. The first-order valence-corrected chi connectivity index (χ1v) is 7.33. The number of imidazole rings is 1. The number of hydrogen-bond donors (Lipinski definition) is 2. The van der Waals surface area contributed by atoms with Crippen LogP contribution in [-0.2, 0) is 11.2 Å². The number of rotatable bonds is 3. The SMILES string of the molecule is NCCc1c[nH]c(=S)n1[C@H]1COC2=C(C=CCC2(F)F)C1. The first-order chi connectivity index (χ1) is 10.0. The van der Waals surface area contributed by atoms with Crippen molar-refractivity contribution in [2.24, 2.45) is 5.73 Å². The minimum atomic E-state index is -2.89. The number of aromatic amines is 1. The van der Waals surface area contributed by atoms with E-state index < -0.39 is 5.92 Å². The molecule has 21 heavy (non-hydrogen) atoms. The summed E-state index contributed by atoms with van der Waals surface area (Å²) in [6, 6.07) is -0.0809. The Morgan fingerprint density at radius 2 is 2.33 bits per heavy atom. The van der Waals surface area contributed by atoms with Crippen LogP contribution in [0.25, 0.3) is 0 Å². The van der Waals surface area contributed by atoms with Gasteiger partial charge in [-0.05, 0) is 24.3 Å². The lowest BCUT2D eigenvalue weighted by Crippen LogP contribution is -2.32. The fourth-order valence-corrected chi connectivity index (χ4v) is 3.25. The van der Waals surface area contributed by atoms with Gasteiger partial charge in [0, 0.05) is 31.2 Å². The Hall–Kier alpha value is -1.47. The molecule has 1 aromatic rings. The van der Waals surface area contributed by atoms with Gasteiger partial charge < -0.3 is 20.0 Å². The molecular weight excluding hydrogens is 296 g/mol. The summed E-state index contributed by atoms with van der Waals surface area (Å²) in [6.07, 6.45) is 5.94. The van der Waals surface area contributed by atoms with Crippen molar-refractivity contribution in [3.63, 3.8) is 0 Å². The molecule has 0 saturated heterocycles. The molecule has 0 bridgehead atoms. The summed E-state index contributed by atoms with van der Waals surface area (Å²) in [5.41, 5.74) is 7.14. The molecule has 0 aromatic carbocycles. The van der Waals surface area contributed by atoms with Crippen LogP contribution in [0.1, 0.15) is 24.6 Å². The lowest BCUT2D eigenvalue weighted by Gasteiger charge is -2.33. The zero-order chi connectivity index (χ0) is 15.0. The van der Waals surface area contributed by atoms with Crippen molar-refractivity contribution in [1.29, 1.82) is 0 Å². The van der Waals surface area contributed by atoms with Gasteiger partial charge in [-0.3, -0.25) is 0 Å². The van der Waals surface area contributed by atoms with Gasteiger partial charge in [0.2, 0.25) is 0 Å². The maximum atomic E-state index is 13.8. The molecule has 3 rings (SSSR count). The molecule has 2 heterocycles. The minimum Gasteiger partial charge on any atom is -0.489 e. The third-order valence-corrected chi connectivity index (χ3v) is 4.16. The van der Waals surface area contributed by atoms with Crippen molar-refractivity contribution < 1.29 is 13.5 Å². The summed E-state index contributed by atoms with van der Waals surface area (Å²) < 4.78 is 35.5. The van der Waals surface area contributed by atoms with Crippen molar-refractivity contribution in [3.8, 4) is 0 Å². The molecule has 1 aliphatic carbocycles. The molecule has 7 heteroatoms. The van der Waals surface area contributed by atoms with Gasteiger partial charge in [0.05, 0.1) is 6.04 Å². The van der Waals surface area contributed by atoms with Crippen molar-refractivity contribution in [2.75, 3.05) is 13.2 Å². The van der Waals surface area contributed by atoms with E-state index in [0.29, 0.717) is 29.7 Å². The van der Waals surface area contributed by atoms with Gasteiger partial charge in [-0.15, -0.1) is 0 Å². The Morgan fingerprint density at radius 1 is 1.52 bits per heavy atom. The number of alkyl halides is 2. The highest BCUT2D eigenvalue weighted by Crippen LogP contribution is 2.41. The summed E-state index contributed by atoms with van der Waals surface area (Å²) in [7, 11) is 0. The van der Waals surface area contributed by atoms with Crippen LogP contribution in [0.4, 0.5) is 8.78 Å². The summed E-state index contributed by atoms with van der Waals surface area (Å²) >= 11 is 5.29. The molecule has 0 spiro atoms. The lowest BCUT2D eigenvalue weighted by atomic mass is 9.94. The number of halogens is 2. The van der Waals surface area contributed by atoms with Gasteiger partial charge in [0.25, 0.3) is 0 Å². The first kappa shape index (κ1) is 14.5. The van der Waals surface area contributed by atoms with E-state index in [-0.39, 0.29) is 24.8 Å². The highest BCUT2D eigenvalue weighted by molar-refractivity contribution is 7.71. The molecule has 2 aliphatic rings. The van der Waals surface area contributed by atoms with Crippen molar-refractivity contribution in [3.05, 3.63) is 40.1 Å². The van der Waals surface area contributed by atoms with Gasteiger partial charge in [0.1, 0.15) is 6.61 Å². The van der Waals surface area contributed by atoms with Crippen molar-refractivity contribution in [1.82, 2.24) is 9.55 Å². The number of nitrogens with two attached hydrogens (primary N) is 1. The van der Waals surface area contributed by atoms with Gasteiger partial charge in [-0.25, -0.2) is 0 Å². The highest BCUT2D eigenvalue weighted by Gasteiger charge is 2.42. The van der Waals surface area contributed by atoms with Crippen LogP contribution in [0.5, 0.6) is 0 Å². The van der Waals surface area contributed by atoms with Crippen LogP contribution in [-0.4, -0.2) is 28.6 Å². The summed E-state index contributed by atoms with van der Waals surface area (Å²) in [4.78, 5) is 2.99. The number of hydrogen-bond acceptors (Lipinski definition) is 3. The highest BCUT2D eigenvalue weighted by atomic mass is 32.1. The van der Waals surface area contributed by atoms with Gasteiger partial charge in [-0.1, -0.05) is 12.2 Å². The molecule has 1 aliphatic heterocycles. The molecule has 1 aromatic heterocycles. The quantitative estimate of drug-likeness (QED) is 0.844. The average molecular weight is 313 g/mol. The van der Waals surface area contributed by atoms with Crippen LogP contribution in [0, 0.1) is 4.77 Å². The third-order valence-electron chi connectivity index (χ3n) is 3.85. The molecule has 0 unspecified atom stereocenters. The molecule has 0 saturated carbocycles. The van der Waals surface area contributed by atoms with Gasteiger partial charge in [-0.2, -0.15) is 8.78 Å². The Morgan fingerprint density at radius 3 is 3.10 bits per heavy atom. The van der Waals surface area contributed by atoms with E-state index in [1.165, 1.54) is 6.08 Å². The molecule has 1 atom stereocenters. The van der Waals surface area contributed by atoms with Crippen LogP contribution in [0.15, 0.2) is 29.7 Å². The molecule has 4 nitrogen and oxygen atoms in total. The Kier molecular flexibility index (Phi) is 3.71. The van der Waals surface area contributed by atoms with E-state index >= 15 is 0 Å². The van der Waals surface area contributed by atoms with E-state index in [9.17, 15) is 8.78 Å². The van der Waals surface area contributed by atoms with Gasteiger partial charge >= 0.3 is 5.92 Å². The summed E-state index contributed by atoms with van der Waals surface area (Å²) in [6.45, 7) is 0.706. The number of aromatic nitrogens is 2. The van der Waals surface area contributed by atoms with Crippen LogP contribution in [0.3, 0.4) is 0 Å². The Balaban J connectivity index is 1.92. The van der Waals surface area contributed by atoms with Crippen LogP contribution >= 0.6 is 12.2 Å². The second-order valence-electron chi connectivity index (χ2n) is 5.33. The largest absolute Gasteiger partial charge is 0.489 e. The standard InChI is InChI=1S/C14H17F2N3OS/c15-14(16)4-1-2-9-6-11(8-20-12(9)14)19-10(3-5-17)7-18-13(19)21/h1-2,7,11H,3-6,8,17H2,(H,18,21)/t11-/m1/s1. The molecule has 0 radical (unpaired) electrons. The summed E-state index contributed by atoms with van der Waals surface area (Å²) in [5.74, 6) is -3.07. The molecule has 114 valence electrons. The third kappa shape index (κ3) is 2.55. The maximum absolute atomic E-state index is 13.8. The fraction of sp³-hybridized carbons (Fsp3) is 0.500. The number of H-pyrrole nitrogens is 1. The Bertz CT molecular complexity index is 659. The second-order valence-corrected chi connectivity index (χ2v) is 5.71. The predicted molar refractivity (Wildman–Crippen MR) is 77.7 cm³/mol. The number of nitrogens with one attached hydrogen (secondary N) is 1. The van der Waals surface area contributed by atoms with E-state index in [4.69, 9.17) is 22.7 Å². The van der Waals surface area contributed by atoms with E-state index in [0.717, 1.165) is 5.69 Å². The minimum absolute atomic E-state index is 0.0809.